The van der Waals surface area contributed by atoms with Gasteiger partial charge in [0, 0.05) is 10.6 Å². The molecule has 0 unspecified atom stereocenters. The van der Waals surface area contributed by atoms with E-state index in [2.05, 4.69) is 10.5 Å². The van der Waals surface area contributed by atoms with E-state index in [1.54, 1.807) is 36.4 Å². The van der Waals surface area contributed by atoms with E-state index < -0.39 is 0 Å². The van der Waals surface area contributed by atoms with Gasteiger partial charge in [0.25, 0.3) is 0 Å². The number of nitrogens with zero attached hydrogens (tertiary/aromatic N) is 2. The van der Waals surface area contributed by atoms with E-state index in [0.29, 0.717) is 26.3 Å². The lowest BCUT2D eigenvalue weighted by atomic mass is 10.1. The second-order valence-electron chi connectivity index (χ2n) is 4.29. The van der Waals surface area contributed by atoms with E-state index >= 15 is 0 Å². The van der Waals surface area contributed by atoms with Crippen LogP contribution in [0.2, 0.25) is 15.1 Å². The molecule has 0 amide bonds. The summed E-state index contributed by atoms with van der Waals surface area (Å²) in [6.45, 7) is 1.89. The molecule has 1 N–H and O–H groups in total. The third kappa shape index (κ3) is 3.89. The number of nitriles is 1. The van der Waals surface area contributed by atoms with Crippen LogP contribution >= 0.6 is 34.8 Å². The lowest BCUT2D eigenvalue weighted by molar-refractivity contribution is 1.32. The first-order valence-corrected chi connectivity index (χ1v) is 7.10. The smallest absolute Gasteiger partial charge is 0.167 e. The molecule has 106 valence electrons. The molecule has 0 saturated carbocycles. The fourth-order valence-corrected chi connectivity index (χ4v) is 2.49. The van der Waals surface area contributed by atoms with Crippen LogP contribution in [0.3, 0.4) is 0 Å². The van der Waals surface area contributed by atoms with Gasteiger partial charge in [-0.1, -0.05) is 46.9 Å². The highest BCUT2D eigenvalue weighted by atomic mass is 35.5. The van der Waals surface area contributed by atoms with Crippen molar-refractivity contribution in [2.24, 2.45) is 5.10 Å². The zero-order chi connectivity index (χ0) is 15.4. The minimum absolute atomic E-state index is 0.208. The molecule has 2 aromatic rings. The largest absolute Gasteiger partial charge is 0.274 e. The van der Waals surface area contributed by atoms with E-state index in [9.17, 15) is 5.26 Å². The van der Waals surface area contributed by atoms with Crippen molar-refractivity contribution in [2.45, 2.75) is 6.92 Å². The lowest BCUT2D eigenvalue weighted by Gasteiger charge is -2.08. The molecule has 0 spiro atoms. The number of hydrogen-bond donors (Lipinski definition) is 1. The van der Waals surface area contributed by atoms with Crippen molar-refractivity contribution in [2.75, 3.05) is 5.43 Å². The fraction of sp³-hybridized carbons (Fsp3) is 0.0667. The van der Waals surface area contributed by atoms with Gasteiger partial charge in [0.2, 0.25) is 0 Å². The Labute approximate surface area is 137 Å². The van der Waals surface area contributed by atoms with Crippen LogP contribution in [0.5, 0.6) is 0 Å². The van der Waals surface area contributed by atoms with E-state index in [-0.39, 0.29) is 5.71 Å². The van der Waals surface area contributed by atoms with Crippen molar-refractivity contribution >= 4 is 46.2 Å². The molecule has 0 atom stereocenters. The predicted molar refractivity (Wildman–Crippen MR) is 88.4 cm³/mol. The summed E-state index contributed by atoms with van der Waals surface area (Å²) < 4.78 is 0. The van der Waals surface area contributed by atoms with Crippen LogP contribution in [0, 0.1) is 18.3 Å². The first kappa shape index (κ1) is 15.7. The summed E-state index contributed by atoms with van der Waals surface area (Å²) in [5.41, 5.74) is 5.00. The van der Waals surface area contributed by atoms with Crippen LogP contribution in [0.25, 0.3) is 0 Å². The maximum Gasteiger partial charge on any atom is 0.167 e. The van der Waals surface area contributed by atoms with Gasteiger partial charge in [-0.3, -0.25) is 5.43 Å². The van der Waals surface area contributed by atoms with Crippen LogP contribution in [0.1, 0.15) is 11.1 Å². The van der Waals surface area contributed by atoms with Gasteiger partial charge in [-0.2, -0.15) is 10.4 Å². The van der Waals surface area contributed by atoms with Crippen molar-refractivity contribution in [3.05, 3.63) is 62.6 Å². The molecule has 0 aliphatic carbocycles. The standard InChI is InChI=1S/C15H10Cl3N3/c1-9-6-12(17)15(13(18)7-9)21-20-14(8-19)10-2-4-11(16)5-3-10/h2-7,21H,1H3/b20-14-. The van der Waals surface area contributed by atoms with Gasteiger partial charge in [-0.15, -0.1) is 0 Å². The SMILES string of the molecule is Cc1cc(Cl)c(N/N=C(/C#N)c2ccc(Cl)cc2)c(Cl)c1. The third-order valence-electron chi connectivity index (χ3n) is 2.69. The van der Waals surface area contributed by atoms with E-state index in [1.807, 2.05) is 13.0 Å². The van der Waals surface area contributed by atoms with E-state index in [0.717, 1.165) is 5.56 Å². The number of rotatable bonds is 3. The molecule has 6 heteroatoms. The van der Waals surface area contributed by atoms with Gasteiger partial charge in [0.15, 0.2) is 5.71 Å². The molecule has 21 heavy (non-hydrogen) atoms. The maximum atomic E-state index is 9.19. The molecule has 2 rings (SSSR count). The molecule has 0 radical (unpaired) electrons. The maximum absolute atomic E-state index is 9.19. The highest BCUT2D eigenvalue weighted by molar-refractivity contribution is 6.39. The van der Waals surface area contributed by atoms with Crippen LogP contribution in [0.15, 0.2) is 41.5 Å². The molecule has 0 bridgehead atoms. The van der Waals surface area contributed by atoms with Crippen molar-refractivity contribution in [3.63, 3.8) is 0 Å². The third-order valence-corrected chi connectivity index (χ3v) is 3.54. The zero-order valence-electron chi connectivity index (χ0n) is 11.0. The Bertz CT molecular complexity index is 708. The molecule has 0 heterocycles. The summed E-state index contributed by atoms with van der Waals surface area (Å²) in [6, 6.07) is 12.3. The summed E-state index contributed by atoms with van der Waals surface area (Å²) in [6.07, 6.45) is 0. The van der Waals surface area contributed by atoms with Crippen molar-refractivity contribution in [3.8, 4) is 6.07 Å². The summed E-state index contributed by atoms with van der Waals surface area (Å²) in [5, 5.41) is 14.7. The zero-order valence-corrected chi connectivity index (χ0v) is 13.3. The van der Waals surface area contributed by atoms with Gasteiger partial charge >= 0.3 is 0 Å². The molecule has 0 aliphatic rings. The first-order valence-electron chi connectivity index (χ1n) is 5.96. The molecule has 0 fully saturated rings. The first-order chi connectivity index (χ1) is 10.0. The Morgan fingerprint density at radius 2 is 1.67 bits per heavy atom. The van der Waals surface area contributed by atoms with E-state index in [1.165, 1.54) is 0 Å². The summed E-state index contributed by atoms with van der Waals surface area (Å²) >= 11 is 18.0. The number of hydrazone groups is 1. The topological polar surface area (TPSA) is 48.2 Å². The monoisotopic (exact) mass is 337 g/mol. The van der Waals surface area contributed by atoms with Gasteiger partial charge in [0.05, 0.1) is 15.7 Å². The lowest BCUT2D eigenvalue weighted by Crippen LogP contribution is -2.02. The molecule has 0 saturated heterocycles. The Morgan fingerprint density at radius 1 is 1.10 bits per heavy atom. The Kier molecular flexibility index (Phi) is 5.08. The number of hydrogen-bond acceptors (Lipinski definition) is 3. The average Bonchev–Trinajstić information content (AvgIpc) is 2.43. The molecule has 3 nitrogen and oxygen atoms in total. The number of benzene rings is 2. The summed E-state index contributed by atoms with van der Waals surface area (Å²) in [7, 11) is 0. The number of aryl methyl sites for hydroxylation is 1. The van der Waals surface area contributed by atoms with Gasteiger partial charge < -0.3 is 0 Å². The second kappa shape index (κ2) is 6.82. The molecule has 0 aliphatic heterocycles. The van der Waals surface area contributed by atoms with Gasteiger partial charge in [0.1, 0.15) is 6.07 Å². The summed E-state index contributed by atoms with van der Waals surface area (Å²) in [5.74, 6) is 0. The Morgan fingerprint density at radius 3 is 2.19 bits per heavy atom. The number of halogens is 3. The molecular weight excluding hydrogens is 329 g/mol. The van der Waals surface area contributed by atoms with Crippen LogP contribution < -0.4 is 5.43 Å². The van der Waals surface area contributed by atoms with Gasteiger partial charge in [-0.25, -0.2) is 0 Å². The Balaban J connectivity index is 2.31. The highest BCUT2D eigenvalue weighted by Gasteiger charge is 2.08. The van der Waals surface area contributed by atoms with Crippen LogP contribution in [-0.4, -0.2) is 5.71 Å². The van der Waals surface area contributed by atoms with Crippen molar-refractivity contribution in [1.29, 1.82) is 5.26 Å². The van der Waals surface area contributed by atoms with E-state index in [4.69, 9.17) is 34.8 Å². The minimum atomic E-state index is 0.208. The quantitative estimate of drug-likeness (QED) is 0.610. The van der Waals surface area contributed by atoms with Crippen LogP contribution in [-0.2, 0) is 0 Å². The highest BCUT2D eigenvalue weighted by Crippen LogP contribution is 2.31. The van der Waals surface area contributed by atoms with Gasteiger partial charge in [-0.05, 0) is 36.8 Å². The van der Waals surface area contributed by atoms with Crippen molar-refractivity contribution in [1.82, 2.24) is 0 Å². The molecule has 2 aromatic carbocycles. The molecule has 0 aromatic heterocycles. The minimum Gasteiger partial charge on any atom is -0.274 e. The predicted octanol–water partition coefficient (Wildman–Crippen LogP) is 5.30. The molecular formula is C15H10Cl3N3. The second-order valence-corrected chi connectivity index (χ2v) is 5.55. The van der Waals surface area contributed by atoms with Crippen LogP contribution in [0.4, 0.5) is 5.69 Å². The fourth-order valence-electron chi connectivity index (χ4n) is 1.68. The normalized spacial score (nSPS) is 11.1. The average molecular weight is 339 g/mol. The number of anilines is 1. The number of nitrogens with one attached hydrogen (secondary N) is 1. The summed E-state index contributed by atoms with van der Waals surface area (Å²) in [4.78, 5) is 0. The Hall–Kier alpha value is -1.73. The van der Waals surface area contributed by atoms with Crippen molar-refractivity contribution < 1.29 is 0 Å².